The van der Waals surface area contributed by atoms with Crippen molar-refractivity contribution in [2.45, 2.75) is 25.8 Å². The molecule has 3 N–H and O–H groups in total. The second-order valence-corrected chi connectivity index (χ2v) is 4.27. The lowest BCUT2D eigenvalue weighted by Crippen LogP contribution is -2.50. The Labute approximate surface area is 106 Å². The summed E-state index contributed by atoms with van der Waals surface area (Å²) >= 11 is 0. The van der Waals surface area contributed by atoms with E-state index in [0.717, 1.165) is 6.42 Å². The van der Waals surface area contributed by atoms with Gasteiger partial charge in [-0.15, -0.1) is 0 Å². The third-order valence-electron chi connectivity index (χ3n) is 2.95. The fraction of sp³-hybridized carbons (Fsp3) is 0.462. The molecule has 0 heterocycles. The SMILES string of the molecule is CCCNC(C)(C(N)=O)c1ccc(OC)c(F)c1. The first-order valence-corrected chi connectivity index (χ1v) is 5.84. The summed E-state index contributed by atoms with van der Waals surface area (Å²) in [6, 6.07) is 4.39. The smallest absolute Gasteiger partial charge is 0.242 e. The fourth-order valence-electron chi connectivity index (χ4n) is 1.68. The van der Waals surface area contributed by atoms with Crippen molar-refractivity contribution in [3.05, 3.63) is 29.6 Å². The van der Waals surface area contributed by atoms with Crippen molar-refractivity contribution < 1.29 is 13.9 Å². The lowest BCUT2D eigenvalue weighted by Gasteiger charge is -2.28. The molecule has 0 radical (unpaired) electrons. The predicted octanol–water partition coefficient (Wildman–Crippen LogP) is 1.53. The van der Waals surface area contributed by atoms with Crippen LogP contribution in [0.2, 0.25) is 0 Å². The number of hydrogen-bond donors (Lipinski definition) is 2. The summed E-state index contributed by atoms with van der Waals surface area (Å²) < 4.78 is 18.5. The van der Waals surface area contributed by atoms with Crippen LogP contribution in [-0.2, 0) is 10.3 Å². The number of rotatable bonds is 6. The zero-order chi connectivity index (χ0) is 13.8. The highest BCUT2D eigenvalue weighted by molar-refractivity contribution is 5.85. The minimum Gasteiger partial charge on any atom is -0.494 e. The molecule has 1 amide bonds. The molecule has 0 fully saturated rings. The Morgan fingerprint density at radius 2 is 2.22 bits per heavy atom. The molecule has 0 aliphatic carbocycles. The number of carbonyl (C=O) groups excluding carboxylic acids is 1. The van der Waals surface area contributed by atoms with Crippen LogP contribution in [0.3, 0.4) is 0 Å². The van der Waals surface area contributed by atoms with Gasteiger partial charge >= 0.3 is 0 Å². The summed E-state index contributed by atoms with van der Waals surface area (Å²) in [7, 11) is 1.39. The number of nitrogens with two attached hydrogens (primary N) is 1. The molecule has 0 aromatic heterocycles. The Kier molecular flexibility index (Phi) is 4.67. The van der Waals surface area contributed by atoms with Gasteiger partial charge in [-0.25, -0.2) is 4.39 Å². The highest BCUT2D eigenvalue weighted by atomic mass is 19.1. The summed E-state index contributed by atoms with van der Waals surface area (Å²) in [6.07, 6.45) is 0.849. The summed E-state index contributed by atoms with van der Waals surface area (Å²) in [6.45, 7) is 4.24. The van der Waals surface area contributed by atoms with Crippen molar-refractivity contribution >= 4 is 5.91 Å². The van der Waals surface area contributed by atoms with Gasteiger partial charge in [-0.3, -0.25) is 10.1 Å². The lowest BCUT2D eigenvalue weighted by molar-refractivity contribution is -0.124. The third-order valence-corrected chi connectivity index (χ3v) is 2.95. The number of methoxy groups -OCH3 is 1. The Morgan fingerprint density at radius 1 is 1.56 bits per heavy atom. The number of benzene rings is 1. The van der Waals surface area contributed by atoms with E-state index < -0.39 is 17.3 Å². The largest absolute Gasteiger partial charge is 0.494 e. The van der Waals surface area contributed by atoms with Crippen molar-refractivity contribution in [3.8, 4) is 5.75 Å². The maximum atomic E-state index is 13.7. The number of carbonyl (C=O) groups is 1. The lowest BCUT2D eigenvalue weighted by atomic mass is 9.91. The first-order valence-electron chi connectivity index (χ1n) is 5.84. The van der Waals surface area contributed by atoms with Crippen LogP contribution < -0.4 is 15.8 Å². The maximum Gasteiger partial charge on any atom is 0.242 e. The molecule has 5 heteroatoms. The Hall–Kier alpha value is -1.62. The van der Waals surface area contributed by atoms with E-state index in [9.17, 15) is 9.18 Å². The standard InChI is InChI=1S/C13H19FN2O2/c1-4-7-16-13(2,12(15)17)9-5-6-11(18-3)10(14)8-9/h5-6,8,16H,4,7H2,1-3H3,(H2,15,17). The number of amides is 1. The molecule has 0 spiro atoms. The van der Waals surface area contributed by atoms with Crippen LogP contribution in [0.5, 0.6) is 5.75 Å². The quantitative estimate of drug-likeness (QED) is 0.809. The zero-order valence-corrected chi connectivity index (χ0v) is 10.9. The van der Waals surface area contributed by atoms with Gasteiger partial charge in [0.15, 0.2) is 11.6 Å². The van der Waals surface area contributed by atoms with Gasteiger partial charge in [0.1, 0.15) is 5.54 Å². The van der Waals surface area contributed by atoms with E-state index in [2.05, 4.69) is 5.32 Å². The van der Waals surface area contributed by atoms with Crippen LogP contribution in [0, 0.1) is 5.82 Å². The van der Waals surface area contributed by atoms with E-state index in [1.807, 2.05) is 6.92 Å². The molecule has 100 valence electrons. The second kappa shape index (κ2) is 5.82. The van der Waals surface area contributed by atoms with Gasteiger partial charge in [0.2, 0.25) is 5.91 Å². The molecule has 0 saturated carbocycles. The van der Waals surface area contributed by atoms with Gasteiger partial charge in [0, 0.05) is 0 Å². The number of ether oxygens (including phenoxy) is 1. The molecule has 1 atom stereocenters. The fourth-order valence-corrected chi connectivity index (χ4v) is 1.68. The summed E-state index contributed by atoms with van der Waals surface area (Å²) in [5.41, 5.74) is 4.82. The number of nitrogens with one attached hydrogen (secondary N) is 1. The van der Waals surface area contributed by atoms with Crippen molar-refractivity contribution in [1.29, 1.82) is 0 Å². The first kappa shape index (κ1) is 14.4. The molecule has 1 rings (SSSR count). The minimum atomic E-state index is -1.08. The summed E-state index contributed by atoms with van der Waals surface area (Å²) in [5, 5.41) is 3.04. The molecule has 0 aliphatic rings. The molecule has 1 aromatic rings. The topological polar surface area (TPSA) is 64.3 Å². The zero-order valence-electron chi connectivity index (χ0n) is 10.9. The number of hydrogen-bond acceptors (Lipinski definition) is 3. The van der Waals surface area contributed by atoms with Crippen LogP contribution in [0.25, 0.3) is 0 Å². The van der Waals surface area contributed by atoms with E-state index >= 15 is 0 Å². The Balaban J connectivity index is 3.14. The Morgan fingerprint density at radius 3 is 2.67 bits per heavy atom. The molecule has 0 bridgehead atoms. The van der Waals surface area contributed by atoms with E-state index in [1.165, 1.54) is 19.2 Å². The van der Waals surface area contributed by atoms with Gasteiger partial charge in [0.05, 0.1) is 7.11 Å². The highest BCUT2D eigenvalue weighted by Gasteiger charge is 2.33. The molecular weight excluding hydrogens is 235 g/mol. The molecular formula is C13H19FN2O2. The van der Waals surface area contributed by atoms with E-state index in [0.29, 0.717) is 12.1 Å². The third kappa shape index (κ3) is 2.79. The van der Waals surface area contributed by atoms with E-state index in [-0.39, 0.29) is 5.75 Å². The number of primary amides is 1. The molecule has 0 aliphatic heterocycles. The average molecular weight is 254 g/mol. The van der Waals surface area contributed by atoms with Crippen molar-refractivity contribution in [3.63, 3.8) is 0 Å². The van der Waals surface area contributed by atoms with Crippen LogP contribution in [0.1, 0.15) is 25.8 Å². The first-order chi connectivity index (χ1) is 8.45. The summed E-state index contributed by atoms with van der Waals surface area (Å²) in [5.74, 6) is -0.914. The highest BCUT2D eigenvalue weighted by Crippen LogP contribution is 2.25. The molecule has 1 aromatic carbocycles. The summed E-state index contributed by atoms with van der Waals surface area (Å²) in [4.78, 5) is 11.6. The van der Waals surface area contributed by atoms with Crippen molar-refractivity contribution in [1.82, 2.24) is 5.32 Å². The molecule has 1 unspecified atom stereocenters. The van der Waals surface area contributed by atoms with Crippen LogP contribution in [0.4, 0.5) is 4.39 Å². The molecule has 18 heavy (non-hydrogen) atoms. The van der Waals surface area contributed by atoms with Crippen LogP contribution >= 0.6 is 0 Å². The maximum absolute atomic E-state index is 13.7. The second-order valence-electron chi connectivity index (χ2n) is 4.27. The van der Waals surface area contributed by atoms with Gasteiger partial charge in [-0.05, 0) is 37.6 Å². The average Bonchev–Trinajstić information content (AvgIpc) is 2.35. The van der Waals surface area contributed by atoms with Gasteiger partial charge in [-0.1, -0.05) is 13.0 Å². The minimum absolute atomic E-state index is 0.140. The monoisotopic (exact) mass is 254 g/mol. The van der Waals surface area contributed by atoms with E-state index in [4.69, 9.17) is 10.5 Å². The Bertz CT molecular complexity index is 437. The van der Waals surface area contributed by atoms with E-state index in [1.54, 1.807) is 13.0 Å². The van der Waals surface area contributed by atoms with Gasteiger partial charge in [-0.2, -0.15) is 0 Å². The van der Waals surface area contributed by atoms with Gasteiger partial charge in [0.25, 0.3) is 0 Å². The normalized spacial score (nSPS) is 14.0. The molecule has 4 nitrogen and oxygen atoms in total. The van der Waals surface area contributed by atoms with Crippen molar-refractivity contribution in [2.24, 2.45) is 5.73 Å². The predicted molar refractivity (Wildman–Crippen MR) is 67.8 cm³/mol. The number of halogens is 1. The molecule has 0 saturated heterocycles. The van der Waals surface area contributed by atoms with Crippen LogP contribution in [0.15, 0.2) is 18.2 Å². The van der Waals surface area contributed by atoms with Gasteiger partial charge < -0.3 is 10.5 Å². The van der Waals surface area contributed by atoms with Crippen LogP contribution in [-0.4, -0.2) is 19.6 Å². The van der Waals surface area contributed by atoms with Crippen molar-refractivity contribution in [2.75, 3.05) is 13.7 Å².